The van der Waals surface area contributed by atoms with Crippen molar-refractivity contribution in [3.8, 4) is 0 Å². The van der Waals surface area contributed by atoms with Crippen LogP contribution in [0.2, 0.25) is 0 Å². The number of carbonyl (C=O) groups is 1. The van der Waals surface area contributed by atoms with E-state index in [4.69, 9.17) is 0 Å². The number of hydrogen-bond acceptors (Lipinski definition) is 4. The molecule has 1 aromatic rings. The van der Waals surface area contributed by atoms with E-state index in [1.807, 2.05) is 29.2 Å². The summed E-state index contributed by atoms with van der Waals surface area (Å²) in [6.45, 7) is 3.28. The van der Waals surface area contributed by atoms with Gasteiger partial charge in [0.2, 0.25) is 5.91 Å². The van der Waals surface area contributed by atoms with Gasteiger partial charge in [0, 0.05) is 18.8 Å². The number of rotatable bonds is 6. The monoisotopic (exact) mass is 324 g/mol. The van der Waals surface area contributed by atoms with Crippen molar-refractivity contribution >= 4 is 21.4 Å². The molecule has 1 saturated heterocycles. The first-order chi connectivity index (χ1) is 10.5. The van der Waals surface area contributed by atoms with Crippen molar-refractivity contribution < 1.29 is 13.2 Å². The smallest absolute Gasteiger partial charge is 0.238 e. The Morgan fingerprint density at radius 2 is 1.82 bits per heavy atom. The highest BCUT2D eigenvalue weighted by Gasteiger charge is 2.22. The van der Waals surface area contributed by atoms with Crippen LogP contribution in [0.4, 0.5) is 5.69 Å². The highest BCUT2D eigenvalue weighted by Crippen LogP contribution is 2.12. The maximum absolute atomic E-state index is 12.0. The highest BCUT2D eigenvalue weighted by atomic mass is 32.2. The summed E-state index contributed by atoms with van der Waals surface area (Å²) in [5, 5.41) is 2.86. The summed E-state index contributed by atoms with van der Waals surface area (Å²) < 4.78 is 22.7. The molecule has 1 aliphatic heterocycles. The Morgan fingerprint density at radius 1 is 1.18 bits per heavy atom. The molecule has 122 valence electrons. The lowest BCUT2D eigenvalue weighted by Crippen LogP contribution is -2.43. The predicted molar refractivity (Wildman–Crippen MR) is 88.8 cm³/mol. The van der Waals surface area contributed by atoms with E-state index < -0.39 is 9.84 Å². The molecule has 0 radical (unpaired) electrons. The summed E-state index contributed by atoms with van der Waals surface area (Å²) in [7, 11) is -2.90. The molecule has 0 atom stereocenters. The Bertz CT molecular complexity index is 582. The summed E-state index contributed by atoms with van der Waals surface area (Å²) in [5.74, 6) is 0.194. The number of carbonyl (C=O) groups excluding carboxylic acids is 1. The molecule has 22 heavy (non-hydrogen) atoms. The second-order valence-corrected chi connectivity index (χ2v) is 8.08. The fourth-order valence-electron chi connectivity index (χ4n) is 2.45. The Labute approximate surface area is 132 Å². The molecule has 0 saturated carbocycles. The molecule has 2 rings (SSSR count). The van der Waals surface area contributed by atoms with Crippen molar-refractivity contribution in [1.29, 1.82) is 0 Å². The number of amides is 1. The van der Waals surface area contributed by atoms with Gasteiger partial charge in [-0.3, -0.25) is 9.69 Å². The van der Waals surface area contributed by atoms with Crippen molar-refractivity contribution in [2.24, 2.45) is 0 Å². The van der Waals surface area contributed by atoms with Crippen LogP contribution < -0.4 is 5.32 Å². The average molecular weight is 324 g/mol. The fraction of sp³-hybridized carbons (Fsp3) is 0.562. The van der Waals surface area contributed by atoms with E-state index in [1.165, 1.54) is 18.4 Å². The van der Waals surface area contributed by atoms with Gasteiger partial charge in [0.15, 0.2) is 9.84 Å². The zero-order chi connectivity index (χ0) is 16.0. The van der Waals surface area contributed by atoms with Gasteiger partial charge in [-0.2, -0.15) is 0 Å². The number of hydrogen-bond donors (Lipinski definition) is 1. The van der Waals surface area contributed by atoms with Gasteiger partial charge in [0.05, 0.1) is 18.1 Å². The van der Waals surface area contributed by atoms with E-state index in [-0.39, 0.29) is 24.0 Å². The number of sulfone groups is 1. The minimum absolute atomic E-state index is 0.0967. The summed E-state index contributed by atoms with van der Waals surface area (Å²) >= 11 is 0. The van der Waals surface area contributed by atoms with Crippen molar-refractivity contribution in [1.82, 2.24) is 4.90 Å². The third-order valence-electron chi connectivity index (χ3n) is 3.86. The van der Waals surface area contributed by atoms with Crippen LogP contribution in [0.25, 0.3) is 0 Å². The number of aryl methyl sites for hydroxylation is 1. The van der Waals surface area contributed by atoms with Crippen molar-refractivity contribution in [2.45, 2.75) is 26.2 Å². The van der Waals surface area contributed by atoms with Crippen LogP contribution in [0.1, 0.15) is 25.3 Å². The van der Waals surface area contributed by atoms with Crippen LogP contribution in [0.15, 0.2) is 24.3 Å². The van der Waals surface area contributed by atoms with Gasteiger partial charge in [0.25, 0.3) is 0 Å². The largest absolute Gasteiger partial charge is 0.325 e. The molecule has 0 aromatic heterocycles. The Kier molecular flexibility index (Phi) is 5.97. The van der Waals surface area contributed by atoms with Gasteiger partial charge in [-0.05, 0) is 30.5 Å². The first kappa shape index (κ1) is 17.0. The third kappa shape index (κ3) is 5.42. The fourth-order valence-corrected chi connectivity index (χ4v) is 3.72. The molecule has 0 bridgehead atoms. The van der Waals surface area contributed by atoms with Gasteiger partial charge >= 0.3 is 0 Å². The molecule has 1 heterocycles. The van der Waals surface area contributed by atoms with Crippen LogP contribution >= 0.6 is 0 Å². The SMILES string of the molecule is CCCCc1ccc(NC(=O)CN2CCS(=O)(=O)CC2)cc1. The van der Waals surface area contributed by atoms with Gasteiger partial charge in [-0.25, -0.2) is 8.42 Å². The van der Waals surface area contributed by atoms with E-state index in [9.17, 15) is 13.2 Å². The normalized spacial score (nSPS) is 18.0. The van der Waals surface area contributed by atoms with Crippen LogP contribution in [-0.2, 0) is 21.1 Å². The predicted octanol–water partition coefficient (Wildman–Crippen LogP) is 1.70. The molecule has 0 spiro atoms. The maximum atomic E-state index is 12.0. The van der Waals surface area contributed by atoms with E-state index in [0.29, 0.717) is 13.1 Å². The minimum atomic E-state index is -2.90. The Morgan fingerprint density at radius 3 is 2.41 bits per heavy atom. The number of nitrogens with zero attached hydrogens (tertiary/aromatic N) is 1. The summed E-state index contributed by atoms with van der Waals surface area (Å²) in [5.41, 5.74) is 2.07. The second kappa shape index (κ2) is 7.74. The Hall–Kier alpha value is -1.40. The molecule has 5 nitrogen and oxygen atoms in total. The van der Waals surface area contributed by atoms with Gasteiger partial charge in [0.1, 0.15) is 0 Å². The number of anilines is 1. The quantitative estimate of drug-likeness (QED) is 0.865. The molecule has 0 aliphatic carbocycles. The maximum Gasteiger partial charge on any atom is 0.238 e. The van der Waals surface area contributed by atoms with Crippen LogP contribution in [0.5, 0.6) is 0 Å². The first-order valence-electron chi connectivity index (χ1n) is 7.80. The highest BCUT2D eigenvalue weighted by molar-refractivity contribution is 7.91. The lowest BCUT2D eigenvalue weighted by atomic mass is 10.1. The van der Waals surface area contributed by atoms with Gasteiger partial charge < -0.3 is 5.32 Å². The lowest BCUT2D eigenvalue weighted by Gasteiger charge is -2.25. The van der Waals surface area contributed by atoms with Gasteiger partial charge in [-0.15, -0.1) is 0 Å². The van der Waals surface area contributed by atoms with E-state index in [2.05, 4.69) is 12.2 Å². The van der Waals surface area contributed by atoms with Crippen molar-refractivity contribution in [3.63, 3.8) is 0 Å². The van der Waals surface area contributed by atoms with Crippen LogP contribution in [-0.4, -0.2) is 50.4 Å². The molecule has 1 aliphatic rings. The molecule has 0 unspecified atom stereocenters. The summed E-state index contributed by atoms with van der Waals surface area (Å²) in [6.07, 6.45) is 3.40. The van der Waals surface area contributed by atoms with Gasteiger partial charge in [-0.1, -0.05) is 25.5 Å². The molecule has 6 heteroatoms. The zero-order valence-corrected chi connectivity index (χ0v) is 13.9. The van der Waals surface area contributed by atoms with E-state index in [0.717, 1.165) is 12.1 Å². The molecule has 1 fully saturated rings. The number of nitrogens with one attached hydrogen (secondary N) is 1. The summed E-state index contributed by atoms with van der Waals surface area (Å²) in [4.78, 5) is 13.9. The molecular formula is C16H24N2O3S. The van der Waals surface area contributed by atoms with Crippen LogP contribution in [0, 0.1) is 0 Å². The van der Waals surface area contributed by atoms with E-state index >= 15 is 0 Å². The van der Waals surface area contributed by atoms with Crippen LogP contribution in [0.3, 0.4) is 0 Å². The number of benzene rings is 1. The topological polar surface area (TPSA) is 66.5 Å². The van der Waals surface area contributed by atoms with Crippen molar-refractivity contribution in [3.05, 3.63) is 29.8 Å². The molecule has 1 amide bonds. The van der Waals surface area contributed by atoms with E-state index in [1.54, 1.807) is 0 Å². The minimum Gasteiger partial charge on any atom is -0.325 e. The molecular weight excluding hydrogens is 300 g/mol. The summed E-state index contributed by atoms with van der Waals surface area (Å²) in [6, 6.07) is 7.92. The molecule has 1 N–H and O–H groups in total. The first-order valence-corrected chi connectivity index (χ1v) is 9.62. The molecule has 1 aromatic carbocycles. The van der Waals surface area contributed by atoms with Crippen molar-refractivity contribution in [2.75, 3.05) is 36.5 Å². The zero-order valence-electron chi connectivity index (χ0n) is 13.0. The third-order valence-corrected chi connectivity index (χ3v) is 5.47. The standard InChI is InChI=1S/C16H24N2O3S/c1-2-3-4-14-5-7-15(8-6-14)17-16(19)13-18-9-11-22(20,21)12-10-18/h5-8H,2-4,9-13H2,1H3,(H,17,19). The lowest BCUT2D eigenvalue weighted by molar-refractivity contribution is -0.117. The average Bonchev–Trinajstić information content (AvgIpc) is 2.49. The second-order valence-electron chi connectivity index (χ2n) is 5.78. The number of unbranched alkanes of at least 4 members (excludes halogenated alkanes) is 1. The Balaban J connectivity index is 1.79.